The van der Waals surface area contributed by atoms with Gasteiger partial charge in [-0.05, 0) is 205 Å². The number of likely N-dealkylation sites (N-methyl/N-ethyl adjacent to an activating group) is 2. The molecule has 12 rings (SSSR count). The third kappa shape index (κ3) is 14.9. The van der Waals surface area contributed by atoms with Crippen molar-refractivity contribution in [3.05, 3.63) is 153 Å². The van der Waals surface area contributed by atoms with Crippen molar-refractivity contribution in [3.63, 3.8) is 0 Å². The Morgan fingerprint density at radius 2 is 0.908 bits per heavy atom. The summed E-state index contributed by atoms with van der Waals surface area (Å²) in [5.74, 6) is -2.65. The van der Waals surface area contributed by atoms with Crippen LogP contribution in [0.25, 0.3) is 0 Å². The molecule has 3 fully saturated rings. The number of nitrogens with one attached hydrogen (secondary N) is 1. The number of ether oxygens (including phenoxy) is 4. The van der Waals surface area contributed by atoms with Gasteiger partial charge in [0.1, 0.15) is 10.9 Å². The minimum absolute atomic E-state index is 0. The number of nitrogens with zero attached hydrogens (tertiary/aromatic N) is 8. The van der Waals surface area contributed by atoms with E-state index in [0.29, 0.717) is 118 Å². The van der Waals surface area contributed by atoms with E-state index in [-0.39, 0.29) is 72.2 Å². The number of Topliss-reactive ketones (excluding diaryl/α,β-unsaturated/α-hetero) is 2. The highest BCUT2D eigenvalue weighted by atomic mass is 35.5. The average Bonchev–Trinajstić information content (AvgIpc) is 1.67. The Bertz CT molecular complexity index is 3920. The molecule has 3 saturated heterocycles. The molecule has 0 bridgehead atoms. The van der Waals surface area contributed by atoms with Crippen LogP contribution in [0.2, 0.25) is 5.15 Å². The van der Waals surface area contributed by atoms with E-state index in [9.17, 15) is 54.7 Å². The van der Waals surface area contributed by atoms with Gasteiger partial charge in [0.05, 0.1) is 53.4 Å². The maximum atomic E-state index is 14.4. The smallest absolute Gasteiger partial charge is 0.456 e. The lowest BCUT2D eigenvalue weighted by molar-refractivity contribution is -0.0895. The zero-order valence-electron chi connectivity index (χ0n) is 57.3. The minimum Gasteiger partial charge on any atom is -0.493 e. The fourth-order valence-electron chi connectivity index (χ4n) is 14.9. The predicted molar refractivity (Wildman–Crippen MR) is 357 cm³/mol. The number of ketones is 2. The first-order valence-electron chi connectivity index (χ1n) is 33.3. The Morgan fingerprint density at radius 3 is 1.40 bits per heavy atom. The molecule has 0 saturated carbocycles. The molecule has 3 aromatic carbocycles. The van der Waals surface area contributed by atoms with Gasteiger partial charge in [-0.15, -0.1) is 0 Å². The first-order valence-corrected chi connectivity index (χ1v) is 33.6. The molecule has 0 radical (unpaired) electrons. The quantitative estimate of drug-likeness (QED) is 0.0912. The Hall–Kier alpha value is -7.87. The number of fused-ring (bicyclic) bond motifs is 6. The molecule has 26 heteroatoms. The molecular weight excluding hydrogens is 1300 g/mol. The molecule has 0 atom stereocenters. The summed E-state index contributed by atoms with van der Waals surface area (Å²) in [5.41, 5.74) is 1.47. The first kappa shape index (κ1) is 72.9. The van der Waals surface area contributed by atoms with Crippen LogP contribution in [0.5, 0.6) is 23.0 Å². The lowest BCUT2D eigenvalue weighted by Gasteiger charge is -2.51. The van der Waals surface area contributed by atoms with Gasteiger partial charge in [0.15, 0.2) is 23.1 Å². The summed E-state index contributed by atoms with van der Waals surface area (Å²) >= 11 is 6.40. The van der Waals surface area contributed by atoms with Crippen molar-refractivity contribution in [2.75, 3.05) is 73.6 Å². The van der Waals surface area contributed by atoms with Crippen molar-refractivity contribution in [1.82, 2.24) is 43.5 Å². The van der Waals surface area contributed by atoms with Crippen LogP contribution >= 0.6 is 11.6 Å². The number of likely N-dealkylation sites (tertiary alicyclic amines) is 3. The van der Waals surface area contributed by atoms with Gasteiger partial charge in [-0.1, -0.05) is 11.6 Å². The van der Waals surface area contributed by atoms with Crippen molar-refractivity contribution >= 4 is 40.9 Å². The largest absolute Gasteiger partial charge is 0.493 e. The van der Waals surface area contributed by atoms with Crippen molar-refractivity contribution in [3.8, 4) is 23.0 Å². The van der Waals surface area contributed by atoms with Gasteiger partial charge in [-0.3, -0.25) is 39.1 Å². The van der Waals surface area contributed by atoms with Gasteiger partial charge in [-0.2, -0.15) is 26.3 Å². The van der Waals surface area contributed by atoms with Crippen LogP contribution in [0.15, 0.2) is 97.1 Å². The summed E-state index contributed by atoms with van der Waals surface area (Å²) in [5, 5.41) is 4.36. The molecule has 6 aromatic rings. The van der Waals surface area contributed by atoms with E-state index >= 15 is 0 Å². The number of halogens is 8. The van der Waals surface area contributed by atoms with Crippen molar-refractivity contribution in [1.29, 1.82) is 0 Å². The van der Waals surface area contributed by atoms with Gasteiger partial charge < -0.3 is 47.3 Å². The van der Waals surface area contributed by atoms with E-state index in [1.54, 1.807) is 73.2 Å². The fourth-order valence-corrected chi connectivity index (χ4v) is 15.2. The van der Waals surface area contributed by atoms with Crippen molar-refractivity contribution in [2.45, 2.75) is 166 Å². The van der Waals surface area contributed by atoms with E-state index in [4.69, 9.17) is 30.5 Å². The van der Waals surface area contributed by atoms with Gasteiger partial charge in [0, 0.05) is 113 Å². The number of carbonyl (C=O) groups excluding carboxylic acids is 5. The van der Waals surface area contributed by atoms with Gasteiger partial charge in [0.25, 0.3) is 29.3 Å². The van der Waals surface area contributed by atoms with Crippen molar-refractivity contribution < 1.29 is 75.1 Å². The molecule has 3 aromatic heterocycles. The Balaban J connectivity index is 0.000000173. The van der Waals surface area contributed by atoms with E-state index in [1.807, 2.05) is 71.7 Å². The van der Waals surface area contributed by atoms with E-state index < -0.39 is 46.4 Å². The first-order chi connectivity index (χ1) is 46.1. The third-order valence-corrected chi connectivity index (χ3v) is 20.0. The van der Waals surface area contributed by atoms with Gasteiger partial charge >= 0.3 is 12.4 Å². The number of carbonyl (C=O) groups is 5. The van der Waals surface area contributed by atoms with E-state index in [0.717, 1.165) is 37.2 Å². The summed E-state index contributed by atoms with van der Waals surface area (Å²) in [6, 6.07) is 26.5. The molecule has 3 amide bonds. The second kappa shape index (κ2) is 28.4. The standard InChI is InChI=1S/C25H29F4N3O3.C24H28F3N3O3.C23H30ClN3O3.H2/c1-15(2)35-19-7-5-16(13-17(19)26)22(34)31-11-9-24(10-12-31)20-8-6-18(21(33)25(27,28)29)32(20)14-23(3,4)30-24;1-16(2)33-18-6-4-17(5-7-18)22(32)29-12-10-23(11-13-29)20-9-8-19(21(31)24(25,26)27)30(20)15-14-28(23)3;1-16(2)30-18-6-5-17(15-19(18)29-4)22(28)26-11-9-23(10-12-26)20-7-8-21(24)27(20)14-13-25(23)3;/h5-8,13,15,30H,9-12,14H2,1-4H3;4-9,16H,10-15H2,1-3H3;5-8,15-16H,9-14H2,1-4H3;1H. The van der Waals surface area contributed by atoms with Gasteiger partial charge in [0.2, 0.25) is 0 Å². The number of hydrogen-bond donors (Lipinski definition) is 1. The van der Waals surface area contributed by atoms with Crippen LogP contribution in [0.1, 0.15) is 164 Å². The minimum atomic E-state index is -4.96. The van der Waals surface area contributed by atoms with Crippen LogP contribution in [-0.4, -0.2) is 177 Å². The predicted octanol–water partition coefficient (Wildman–Crippen LogP) is 13.0. The van der Waals surface area contributed by atoms with E-state index in [2.05, 4.69) is 32.8 Å². The average molecular weight is 1390 g/mol. The number of methoxy groups -OCH3 is 1. The third-order valence-electron chi connectivity index (χ3n) is 19.7. The monoisotopic (exact) mass is 1390 g/mol. The van der Waals surface area contributed by atoms with Crippen LogP contribution < -0.4 is 24.3 Å². The summed E-state index contributed by atoms with van der Waals surface area (Å²) in [4.78, 5) is 73.1. The SMILES string of the molecule is CC(C)Oc1ccc(C(=O)N2CCC3(CC2)NC(C)(C)Cn2c(C(=O)C(F)(F)F)ccc23)cc1F.CC(C)Oc1ccc(C(=O)N2CCC3(CC2)c2ccc(C(=O)C(F)(F)F)n2CCN3C)cc1.COc1cc(C(=O)N2CCC3(CC2)c2ccc(Cl)n2CCN3C)ccc1OC(C)C.[HH]. The summed E-state index contributed by atoms with van der Waals surface area (Å²) < 4.78 is 121. The van der Waals surface area contributed by atoms with Gasteiger partial charge in [-0.25, -0.2) is 4.39 Å². The number of hydrogen-bond acceptors (Lipinski definition) is 12. The van der Waals surface area contributed by atoms with Crippen LogP contribution in [0.3, 0.4) is 0 Å². The number of benzene rings is 3. The number of amides is 3. The zero-order chi connectivity index (χ0) is 71.2. The maximum absolute atomic E-state index is 14.4. The topological polar surface area (TPSA) is 165 Å². The summed E-state index contributed by atoms with van der Waals surface area (Å²) in [6.07, 6.45) is -6.19. The molecular formula is C72H89ClF7N9O9. The highest BCUT2D eigenvalue weighted by Gasteiger charge is 2.51. The lowest BCUT2D eigenvalue weighted by atomic mass is 9.79. The second-order valence-corrected chi connectivity index (χ2v) is 28.1. The zero-order valence-corrected chi connectivity index (χ0v) is 58.0. The second-order valence-electron chi connectivity index (χ2n) is 27.7. The molecule has 6 aliphatic rings. The molecule has 98 heavy (non-hydrogen) atoms. The van der Waals surface area contributed by atoms with Crippen molar-refractivity contribution in [2.24, 2.45) is 0 Å². The number of alkyl halides is 6. The van der Waals surface area contributed by atoms with Crippen LogP contribution in [0, 0.1) is 5.82 Å². The molecule has 0 unspecified atom stereocenters. The molecule has 1 N–H and O–H groups in total. The van der Waals surface area contributed by atoms with Crippen LogP contribution in [-0.2, 0) is 36.3 Å². The Kier molecular flexibility index (Phi) is 21.1. The highest BCUT2D eigenvalue weighted by Crippen LogP contribution is 2.46. The van der Waals surface area contributed by atoms with E-state index in [1.165, 1.54) is 39.1 Å². The fraction of sp³-hybridized carbons (Fsp3) is 0.514. The summed E-state index contributed by atoms with van der Waals surface area (Å²) in [7, 11) is 5.73. The molecule has 532 valence electrons. The molecule has 0 aliphatic carbocycles. The van der Waals surface area contributed by atoms with Crippen LogP contribution in [0.4, 0.5) is 30.7 Å². The Labute approximate surface area is 573 Å². The maximum Gasteiger partial charge on any atom is 0.456 e. The summed E-state index contributed by atoms with van der Waals surface area (Å²) in [6.45, 7) is 21.0. The Morgan fingerprint density at radius 1 is 0.490 bits per heavy atom. The number of aromatic nitrogens is 3. The molecule has 3 spiro atoms. The lowest BCUT2D eigenvalue weighted by Crippen LogP contribution is -2.63. The molecule has 6 aliphatic heterocycles. The number of piperidine rings is 3. The number of rotatable bonds is 12. The highest BCUT2D eigenvalue weighted by molar-refractivity contribution is 6.29. The normalized spacial score (nSPS) is 18.7. The molecule has 9 heterocycles. The molecule has 18 nitrogen and oxygen atoms in total.